The zero-order valence-corrected chi connectivity index (χ0v) is 21.9. The van der Waals surface area contributed by atoms with Gasteiger partial charge in [-0.2, -0.15) is 0 Å². The quantitative estimate of drug-likeness (QED) is 0.445. The van der Waals surface area contributed by atoms with Crippen molar-refractivity contribution in [3.05, 3.63) is 62.6 Å². The lowest BCUT2D eigenvalue weighted by atomic mass is 10.1. The number of hydrogen-bond acceptors (Lipinski definition) is 3. The van der Waals surface area contributed by atoms with Gasteiger partial charge in [-0.15, -0.1) is 23.2 Å². The minimum absolute atomic E-state index is 0.135. The van der Waals surface area contributed by atoms with Crippen molar-refractivity contribution in [3.63, 3.8) is 0 Å². The Kier molecular flexibility index (Phi) is 6.64. The van der Waals surface area contributed by atoms with Crippen LogP contribution in [0.5, 0.6) is 0 Å². The van der Waals surface area contributed by atoms with Gasteiger partial charge in [0.1, 0.15) is 4.33 Å². The molecule has 0 unspecified atom stereocenters. The summed E-state index contributed by atoms with van der Waals surface area (Å²) in [6, 6.07) is 9.42. The van der Waals surface area contributed by atoms with E-state index in [-0.39, 0.29) is 34.4 Å². The standard InChI is InChI=1S/C24H20Cl5N3O3/c25-13-5-12(6-14(26)7-13)19-20(24(19,28)29)22(34)30-15-3-4-18(27)17(8-15)21(33)31-16-9-32(10-16)23(35)11-1-2-11/h3-8,11,16,19-20H,1-2,9-10H2,(H,30,34)(H,31,33)/t19-,20+/m1/s1. The van der Waals surface area contributed by atoms with Crippen molar-refractivity contribution >= 4 is 81.4 Å². The zero-order valence-electron chi connectivity index (χ0n) is 18.2. The number of benzene rings is 2. The first-order valence-electron chi connectivity index (χ1n) is 11.1. The summed E-state index contributed by atoms with van der Waals surface area (Å²) >= 11 is 31.3. The molecule has 2 aromatic rings. The van der Waals surface area contributed by atoms with E-state index in [0.29, 0.717) is 34.4 Å². The first-order valence-corrected chi connectivity index (χ1v) is 13.0. The van der Waals surface area contributed by atoms with E-state index in [9.17, 15) is 14.4 Å². The van der Waals surface area contributed by atoms with Gasteiger partial charge >= 0.3 is 0 Å². The Morgan fingerprint density at radius 1 is 0.943 bits per heavy atom. The fourth-order valence-corrected chi connectivity index (χ4v) is 6.00. The Morgan fingerprint density at radius 2 is 1.60 bits per heavy atom. The fraction of sp³-hybridized carbons (Fsp3) is 0.375. The molecular weight excluding hydrogens is 556 g/mol. The minimum Gasteiger partial charge on any atom is -0.346 e. The molecule has 1 aliphatic heterocycles. The summed E-state index contributed by atoms with van der Waals surface area (Å²) in [6.45, 7) is 0.971. The van der Waals surface area contributed by atoms with Crippen molar-refractivity contribution in [2.45, 2.75) is 29.1 Å². The smallest absolute Gasteiger partial charge is 0.253 e. The van der Waals surface area contributed by atoms with Crippen LogP contribution in [0.3, 0.4) is 0 Å². The molecule has 6 nitrogen and oxygen atoms in total. The highest BCUT2D eigenvalue weighted by Crippen LogP contribution is 2.65. The molecule has 0 bridgehead atoms. The number of nitrogens with one attached hydrogen (secondary N) is 2. The summed E-state index contributed by atoms with van der Waals surface area (Å²) in [5.74, 6) is -1.70. The fourth-order valence-electron chi connectivity index (χ4n) is 4.42. The van der Waals surface area contributed by atoms with E-state index < -0.39 is 22.1 Å². The Bertz CT molecular complexity index is 1210. The van der Waals surface area contributed by atoms with Gasteiger partial charge in [0.25, 0.3) is 5.91 Å². The third-order valence-corrected chi connectivity index (χ3v) is 8.22. The van der Waals surface area contributed by atoms with E-state index in [2.05, 4.69) is 10.6 Å². The molecule has 184 valence electrons. The second-order valence-corrected chi connectivity index (χ2v) is 11.9. The zero-order chi connectivity index (χ0) is 25.1. The normalized spacial score (nSPS) is 22.8. The highest BCUT2D eigenvalue weighted by molar-refractivity contribution is 6.53. The lowest BCUT2D eigenvalue weighted by Crippen LogP contribution is -2.61. The van der Waals surface area contributed by atoms with Crippen molar-refractivity contribution in [2.24, 2.45) is 11.8 Å². The topological polar surface area (TPSA) is 78.5 Å². The molecule has 0 radical (unpaired) electrons. The molecule has 2 aromatic carbocycles. The average molecular weight is 576 g/mol. The van der Waals surface area contributed by atoms with Crippen molar-refractivity contribution < 1.29 is 14.4 Å². The van der Waals surface area contributed by atoms with Crippen LogP contribution in [-0.2, 0) is 9.59 Å². The largest absolute Gasteiger partial charge is 0.346 e. The molecule has 1 heterocycles. The third kappa shape index (κ3) is 5.09. The van der Waals surface area contributed by atoms with Gasteiger partial charge < -0.3 is 15.5 Å². The summed E-state index contributed by atoms with van der Waals surface area (Å²) in [5.41, 5.74) is 1.26. The molecule has 0 spiro atoms. The van der Waals surface area contributed by atoms with Crippen LogP contribution >= 0.6 is 58.0 Å². The van der Waals surface area contributed by atoms with Crippen molar-refractivity contribution in [1.82, 2.24) is 10.2 Å². The number of anilines is 1. The number of carbonyl (C=O) groups excluding carboxylic acids is 3. The lowest BCUT2D eigenvalue weighted by Gasteiger charge is -2.39. The summed E-state index contributed by atoms with van der Waals surface area (Å²) < 4.78 is -1.32. The summed E-state index contributed by atoms with van der Waals surface area (Å²) in [6.07, 6.45) is 1.90. The van der Waals surface area contributed by atoms with Crippen LogP contribution in [0.4, 0.5) is 5.69 Å². The van der Waals surface area contributed by atoms with Crippen LogP contribution in [0.25, 0.3) is 0 Å². The second kappa shape index (κ2) is 9.31. The van der Waals surface area contributed by atoms with Gasteiger partial charge in [0.05, 0.1) is 22.5 Å². The Labute approximate surface area is 227 Å². The van der Waals surface area contributed by atoms with Crippen molar-refractivity contribution in [3.8, 4) is 0 Å². The van der Waals surface area contributed by atoms with E-state index in [0.717, 1.165) is 12.8 Å². The molecular formula is C24H20Cl5N3O3. The predicted molar refractivity (Wildman–Crippen MR) is 138 cm³/mol. The molecule has 1 saturated heterocycles. The van der Waals surface area contributed by atoms with E-state index in [1.54, 1.807) is 29.2 Å². The van der Waals surface area contributed by atoms with Gasteiger partial charge in [-0.25, -0.2) is 0 Å². The van der Waals surface area contributed by atoms with Gasteiger partial charge in [0.2, 0.25) is 11.8 Å². The molecule has 0 aromatic heterocycles. The maximum absolute atomic E-state index is 13.0. The Morgan fingerprint density at radius 3 is 2.23 bits per heavy atom. The van der Waals surface area contributed by atoms with Crippen LogP contribution in [0, 0.1) is 11.8 Å². The first-order chi connectivity index (χ1) is 16.5. The molecule has 11 heteroatoms. The van der Waals surface area contributed by atoms with Crippen LogP contribution < -0.4 is 10.6 Å². The van der Waals surface area contributed by atoms with Gasteiger partial charge in [0, 0.05) is 40.7 Å². The second-order valence-electron chi connectivity index (χ2n) is 9.20. The van der Waals surface area contributed by atoms with Gasteiger partial charge in [0.15, 0.2) is 0 Å². The molecule has 3 fully saturated rings. The van der Waals surface area contributed by atoms with E-state index >= 15 is 0 Å². The van der Waals surface area contributed by atoms with Gasteiger partial charge in [-0.1, -0.05) is 34.8 Å². The third-order valence-electron chi connectivity index (χ3n) is 6.51. The summed E-state index contributed by atoms with van der Waals surface area (Å²) in [7, 11) is 0. The van der Waals surface area contributed by atoms with Crippen molar-refractivity contribution in [2.75, 3.05) is 18.4 Å². The minimum atomic E-state index is -1.32. The maximum atomic E-state index is 13.0. The molecule has 2 saturated carbocycles. The molecule has 2 aliphatic carbocycles. The van der Waals surface area contributed by atoms with Crippen molar-refractivity contribution in [1.29, 1.82) is 0 Å². The number of alkyl halides is 2. The number of hydrogen-bond donors (Lipinski definition) is 2. The number of halogens is 5. The van der Waals surface area contributed by atoms with Crippen LogP contribution in [0.1, 0.15) is 34.7 Å². The van der Waals surface area contributed by atoms with E-state index in [1.165, 1.54) is 12.1 Å². The van der Waals surface area contributed by atoms with Crippen LogP contribution in [0.15, 0.2) is 36.4 Å². The molecule has 35 heavy (non-hydrogen) atoms. The molecule has 5 rings (SSSR count). The number of nitrogens with zero attached hydrogens (tertiary/aromatic N) is 1. The Balaban J connectivity index is 1.23. The maximum Gasteiger partial charge on any atom is 0.253 e. The highest BCUT2D eigenvalue weighted by Gasteiger charge is 2.67. The average Bonchev–Trinajstić information content (AvgIpc) is 3.66. The number of likely N-dealkylation sites (tertiary alicyclic amines) is 1. The van der Waals surface area contributed by atoms with E-state index in [1.807, 2.05) is 0 Å². The molecule has 2 atom stereocenters. The molecule has 2 N–H and O–H groups in total. The highest BCUT2D eigenvalue weighted by atomic mass is 35.5. The van der Waals surface area contributed by atoms with E-state index in [4.69, 9.17) is 58.0 Å². The van der Waals surface area contributed by atoms with Gasteiger partial charge in [-0.3, -0.25) is 14.4 Å². The number of rotatable bonds is 6. The summed E-state index contributed by atoms with van der Waals surface area (Å²) in [4.78, 5) is 39.6. The summed E-state index contributed by atoms with van der Waals surface area (Å²) in [5, 5.41) is 6.74. The number of amides is 3. The SMILES string of the molecule is O=C(NC1CN(C(=O)C2CC2)C1)c1cc(NC(=O)[C@@H]2[C@@H](c3cc(Cl)cc(Cl)c3)C2(Cl)Cl)ccc1Cl. The van der Waals surface area contributed by atoms with Crippen LogP contribution in [0.2, 0.25) is 15.1 Å². The Hall–Kier alpha value is -1.70. The first kappa shape index (κ1) is 25.0. The molecule has 3 amide bonds. The van der Waals surface area contributed by atoms with Crippen LogP contribution in [-0.4, -0.2) is 46.1 Å². The predicted octanol–water partition coefficient (Wildman–Crippen LogP) is 5.52. The van der Waals surface area contributed by atoms with Gasteiger partial charge in [-0.05, 0) is 54.8 Å². The molecule has 3 aliphatic rings. The lowest BCUT2D eigenvalue weighted by molar-refractivity contribution is -0.137. The monoisotopic (exact) mass is 573 g/mol. The number of carbonyl (C=O) groups is 3.